The molecule has 5 nitrogen and oxygen atoms in total. The van der Waals surface area contributed by atoms with Crippen molar-refractivity contribution >= 4 is 28.8 Å². The topological polar surface area (TPSA) is 64.1 Å². The zero-order valence-electron chi connectivity index (χ0n) is 14.2. The minimum atomic E-state index is -0.203. The number of amides is 1. The van der Waals surface area contributed by atoms with Gasteiger partial charge in [-0.05, 0) is 37.3 Å². The summed E-state index contributed by atoms with van der Waals surface area (Å²) in [5.41, 5.74) is 2.11. The van der Waals surface area contributed by atoms with Crippen molar-refractivity contribution in [1.82, 2.24) is 15.3 Å². The Balaban J connectivity index is 1.63. The molecule has 0 bridgehead atoms. The van der Waals surface area contributed by atoms with Gasteiger partial charge in [0.05, 0.1) is 11.6 Å². The first-order valence-corrected chi connectivity index (χ1v) is 9.49. The predicted molar refractivity (Wildman–Crippen MR) is 104 cm³/mol. The van der Waals surface area contributed by atoms with Crippen LogP contribution in [0.2, 0.25) is 5.02 Å². The van der Waals surface area contributed by atoms with Crippen molar-refractivity contribution in [2.45, 2.75) is 13.3 Å². The fourth-order valence-corrected chi connectivity index (χ4v) is 3.52. The van der Waals surface area contributed by atoms with Gasteiger partial charge in [0.2, 0.25) is 0 Å². The summed E-state index contributed by atoms with van der Waals surface area (Å²) in [6, 6.07) is 11.2. The predicted octanol–water partition coefficient (Wildman–Crippen LogP) is 4.23. The number of carbonyl (C=O) groups is 1. The van der Waals surface area contributed by atoms with E-state index in [4.69, 9.17) is 16.3 Å². The van der Waals surface area contributed by atoms with Crippen LogP contribution in [0.4, 0.5) is 0 Å². The van der Waals surface area contributed by atoms with Gasteiger partial charge in [0.1, 0.15) is 16.5 Å². The zero-order valence-corrected chi connectivity index (χ0v) is 15.8. The number of hydrogen-bond acceptors (Lipinski definition) is 5. The average Bonchev–Trinajstić information content (AvgIpc) is 3.13. The highest BCUT2D eigenvalue weighted by Gasteiger charge is 2.14. The van der Waals surface area contributed by atoms with Gasteiger partial charge in [-0.15, -0.1) is 11.3 Å². The van der Waals surface area contributed by atoms with Crippen LogP contribution in [-0.2, 0) is 6.42 Å². The van der Waals surface area contributed by atoms with Gasteiger partial charge in [0.15, 0.2) is 0 Å². The minimum Gasteiger partial charge on any atom is -0.494 e. The number of nitrogens with zero attached hydrogens (tertiary/aromatic N) is 2. The number of aromatic nitrogens is 2. The quantitative estimate of drug-likeness (QED) is 0.658. The van der Waals surface area contributed by atoms with Gasteiger partial charge >= 0.3 is 0 Å². The van der Waals surface area contributed by atoms with E-state index in [-0.39, 0.29) is 5.91 Å². The second-order valence-electron chi connectivity index (χ2n) is 5.44. The van der Waals surface area contributed by atoms with Gasteiger partial charge in [-0.3, -0.25) is 9.78 Å². The maximum atomic E-state index is 12.3. The molecule has 26 heavy (non-hydrogen) atoms. The molecule has 0 radical (unpaired) electrons. The second kappa shape index (κ2) is 8.78. The first-order valence-electron chi connectivity index (χ1n) is 8.23. The van der Waals surface area contributed by atoms with E-state index >= 15 is 0 Å². The highest BCUT2D eigenvalue weighted by atomic mass is 35.5. The number of halogens is 1. The van der Waals surface area contributed by atoms with Crippen LogP contribution in [0.25, 0.3) is 10.6 Å². The maximum absolute atomic E-state index is 12.3. The van der Waals surface area contributed by atoms with Crippen molar-refractivity contribution < 1.29 is 9.53 Å². The molecule has 0 aliphatic rings. The monoisotopic (exact) mass is 387 g/mol. The Hall–Kier alpha value is -2.44. The molecule has 2 heterocycles. The van der Waals surface area contributed by atoms with E-state index < -0.39 is 0 Å². The van der Waals surface area contributed by atoms with Crippen LogP contribution in [0, 0.1) is 0 Å². The fourth-order valence-electron chi connectivity index (χ4n) is 2.37. The highest BCUT2D eigenvalue weighted by molar-refractivity contribution is 7.13. The number of carbonyl (C=O) groups excluding carboxylic acids is 1. The van der Waals surface area contributed by atoms with Crippen LogP contribution < -0.4 is 10.1 Å². The molecule has 1 amide bonds. The molecular formula is C19H18ClN3O2S. The van der Waals surface area contributed by atoms with E-state index in [0.717, 1.165) is 11.3 Å². The van der Waals surface area contributed by atoms with Crippen molar-refractivity contribution in [3.63, 3.8) is 0 Å². The summed E-state index contributed by atoms with van der Waals surface area (Å²) in [4.78, 5) is 20.9. The van der Waals surface area contributed by atoms with E-state index in [2.05, 4.69) is 15.3 Å². The van der Waals surface area contributed by atoms with Crippen molar-refractivity contribution in [2.24, 2.45) is 0 Å². The minimum absolute atomic E-state index is 0.203. The molecule has 0 atom stereocenters. The van der Waals surface area contributed by atoms with Gasteiger partial charge in [-0.1, -0.05) is 17.7 Å². The van der Waals surface area contributed by atoms with E-state index in [9.17, 15) is 4.79 Å². The molecule has 2 aromatic heterocycles. The Kier molecular flexibility index (Phi) is 6.20. The van der Waals surface area contributed by atoms with E-state index in [1.165, 1.54) is 11.3 Å². The molecule has 1 aromatic carbocycles. The molecule has 0 aliphatic carbocycles. The summed E-state index contributed by atoms with van der Waals surface area (Å²) in [7, 11) is 0. The van der Waals surface area contributed by atoms with Crippen molar-refractivity contribution in [3.8, 4) is 16.3 Å². The second-order valence-corrected chi connectivity index (χ2v) is 6.70. The van der Waals surface area contributed by atoms with Crippen LogP contribution in [0.5, 0.6) is 5.75 Å². The molecule has 0 saturated heterocycles. The van der Waals surface area contributed by atoms with Crippen LogP contribution in [-0.4, -0.2) is 29.0 Å². The molecule has 0 spiro atoms. The summed E-state index contributed by atoms with van der Waals surface area (Å²) in [6.45, 7) is 3.00. The molecule has 0 aliphatic heterocycles. The number of nitrogens with one attached hydrogen (secondary N) is 1. The van der Waals surface area contributed by atoms with Gasteiger partial charge < -0.3 is 10.1 Å². The maximum Gasteiger partial charge on any atom is 0.270 e. The lowest BCUT2D eigenvalue weighted by molar-refractivity contribution is 0.0950. The van der Waals surface area contributed by atoms with E-state index in [1.54, 1.807) is 17.6 Å². The van der Waals surface area contributed by atoms with Crippen LogP contribution in [0.1, 0.15) is 23.1 Å². The molecule has 0 saturated carbocycles. The molecule has 0 fully saturated rings. The van der Waals surface area contributed by atoms with E-state index in [0.29, 0.717) is 41.0 Å². The Labute approximate surface area is 161 Å². The Morgan fingerprint density at radius 2 is 2.19 bits per heavy atom. The largest absolute Gasteiger partial charge is 0.494 e. The Morgan fingerprint density at radius 3 is 2.92 bits per heavy atom. The SMILES string of the molecule is CCOc1ccc(-c2nc(C(=O)NCCc3ccccn3)cs2)c(Cl)c1. The van der Waals surface area contributed by atoms with Gasteiger partial charge in [-0.2, -0.15) is 0 Å². The third-order valence-corrected chi connectivity index (χ3v) is 4.80. The summed E-state index contributed by atoms with van der Waals surface area (Å²) < 4.78 is 5.43. The number of thiazole rings is 1. The average molecular weight is 388 g/mol. The van der Waals surface area contributed by atoms with Gasteiger partial charge in [0.25, 0.3) is 5.91 Å². The first-order chi connectivity index (χ1) is 12.7. The molecule has 0 unspecified atom stereocenters. The van der Waals surface area contributed by atoms with E-state index in [1.807, 2.05) is 37.3 Å². The van der Waals surface area contributed by atoms with Crippen molar-refractivity contribution in [2.75, 3.05) is 13.2 Å². The third kappa shape index (κ3) is 4.59. The standard InChI is InChI=1S/C19H18ClN3O2S/c1-2-25-14-6-7-15(16(20)11-14)19-23-17(12-26-19)18(24)22-10-8-13-5-3-4-9-21-13/h3-7,9,11-12H,2,8,10H2,1H3,(H,22,24). The summed E-state index contributed by atoms with van der Waals surface area (Å²) in [6.07, 6.45) is 2.42. The molecule has 7 heteroatoms. The van der Waals surface area contributed by atoms with Gasteiger partial charge in [0, 0.05) is 35.8 Å². The number of benzene rings is 1. The molecular weight excluding hydrogens is 370 g/mol. The third-order valence-electron chi connectivity index (χ3n) is 3.61. The fraction of sp³-hybridized carbons (Fsp3) is 0.211. The van der Waals surface area contributed by atoms with Crippen LogP contribution in [0.15, 0.2) is 48.0 Å². The number of ether oxygens (including phenoxy) is 1. The normalized spacial score (nSPS) is 10.5. The smallest absolute Gasteiger partial charge is 0.270 e. The van der Waals surface area contributed by atoms with Crippen molar-refractivity contribution in [1.29, 1.82) is 0 Å². The summed E-state index contributed by atoms with van der Waals surface area (Å²) in [5.74, 6) is 0.510. The van der Waals surface area contributed by atoms with Gasteiger partial charge in [-0.25, -0.2) is 4.98 Å². The molecule has 3 rings (SSSR count). The lowest BCUT2D eigenvalue weighted by Gasteiger charge is -2.06. The summed E-state index contributed by atoms with van der Waals surface area (Å²) >= 11 is 7.70. The Morgan fingerprint density at radius 1 is 1.31 bits per heavy atom. The van der Waals surface area contributed by atoms with Crippen molar-refractivity contribution in [3.05, 3.63) is 64.4 Å². The van der Waals surface area contributed by atoms with Crippen LogP contribution >= 0.6 is 22.9 Å². The number of rotatable bonds is 7. The lowest BCUT2D eigenvalue weighted by Crippen LogP contribution is -2.26. The zero-order chi connectivity index (χ0) is 18.4. The molecule has 1 N–H and O–H groups in total. The molecule has 3 aromatic rings. The molecule has 134 valence electrons. The highest BCUT2D eigenvalue weighted by Crippen LogP contribution is 2.33. The Bertz CT molecular complexity index is 884. The van der Waals surface area contributed by atoms with Crippen LogP contribution in [0.3, 0.4) is 0 Å². The lowest BCUT2D eigenvalue weighted by atomic mass is 10.2. The summed E-state index contributed by atoms with van der Waals surface area (Å²) in [5, 5.41) is 5.85. The first kappa shape index (κ1) is 18.4. The number of pyridine rings is 1. The number of hydrogen-bond donors (Lipinski definition) is 1.